The monoisotopic (exact) mass is 1500 g/mol. The van der Waals surface area contributed by atoms with E-state index in [0.717, 1.165) is 148 Å². The highest BCUT2D eigenvalue weighted by Gasteiger charge is 2.29. The van der Waals surface area contributed by atoms with Crippen molar-refractivity contribution in [2.45, 2.75) is 309 Å². The van der Waals surface area contributed by atoms with Crippen LogP contribution >= 0.6 is 15.6 Å². The van der Waals surface area contributed by atoms with Crippen molar-refractivity contribution >= 4 is 33.6 Å². The smallest absolute Gasteiger partial charge is 0.463 e. The predicted molar refractivity (Wildman–Crippen MR) is 435 cm³/mol. The zero-order valence-electron chi connectivity index (χ0n) is 65.1. The van der Waals surface area contributed by atoms with E-state index in [9.17, 15) is 43.5 Å². The second kappa shape index (κ2) is 78.2. The zero-order chi connectivity index (χ0) is 76.6. The molecule has 16 nitrogen and oxygen atoms in total. The summed E-state index contributed by atoms with van der Waals surface area (Å²) in [5, 5.41) is 20.6. The lowest BCUT2D eigenvalue weighted by Gasteiger charge is -2.21. The average Bonchev–Trinajstić information content (AvgIpc) is 0.916. The molecule has 0 aliphatic heterocycles. The first kappa shape index (κ1) is 99.7. The molecule has 5 atom stereocenters. The van der Waals surface area contributed by atoms with Crippen LogP contribution < -0.4 is 0 Å². The molecule has 18 heteroatoms. The predicted octanol–water partition coefficient (Wildman–Crippen LogP) is 23.8. The molecule has 0 amide bonds. The summed E-state index contributed by atoms with van der Waals surface area (Å²) in [6.45, 7) is 2.31. The number of hydrogen-bond donors (Lipinski definition) is 4. The molecule has 0 aromatic heterocycles. The average molecular weight is 1510 g/mol. The summed E-state index contributed by atoms with van der Waals surface area (Å²) in [6.07, 6.45) is 101. The van der Waals surface area contributed by atoms with Gasteiger partial charge in [-0.3, -0.25) is 32.5 Å². The Morgan fingerprint density at radius 1 is 0.276 bits per heavy atom. The topological polar surface area (TPSA) is 231 Å². The number of phosphoric acid groups is 2. The van der Waals surface area contributed by atoms with E-state index in [1.54, 1.807) is 0 Å². The molecule has 0 bridgehead atoms. The molecule has 0 saturated heterocycles. The third-order valence-electron chi connectivity index (χ3n) is 16.1. The van der Waals surface area contributed by atoms with Crippen LogP contribution in [0.15, 0.2) is 182 Å². The number of unbranched alkanes of at least 4 members (excludes halogenated alkanes) is 21. The van der Waals surface area contributed by atoms with Crippen LogP contribution in [0.4, 0.5) is 0 Å². The summed E-state index contributed by atoms with van der Waals surface area (Å²) in [4.78, 5) is 58.7. The Bertz CT molecular complexity index is 2640. The first-order chi connectivity index (χ1) is 51.2. The highest BCUT2D eigenvalue weighted by atomic mass is 31.2. The largest absolute Gasteiger partial charge is 0.472 e. The van der Waals surface area contributed by atoms with E-state index in [1.807, 2.05) is 18.2 Å². The van der Waals surface area contributed by atoms with Crippen molar-refractivity contribution < 1.29 is 75.8 Å². The highest BCUT2D eigenvalue weighted by molar-refractivity contribution is 7.47. The fourth-order valence-electron chi connectivity index (χ4n) is 10.1. The maximum atomic E-state index is 13.0. The van der Waals surface area contributed by atoms with Gasteiger partial charge in [-0.2, -0.15) is 0 Å². The van der Waals surface area contributed by atoms with Gasteiger partial charge in [-0.1, -0.05) is 306 Å². The van der Waals surface area contributed by atoms with Gasteiger partial charge in [0.2, 0.25) is 0 Å². The van der Waals surface area contributed by atoms with Gasteiger partial charge in [0.1, 0.15) is 25.4 Å². The first-order valence-electron chi connectivity index (χ1n) is 40.1. The third kappa shape index (κ3) is 79.5. The van der Waals surface area contributed by atoms with Gasteiger partial charge in [0.25, 0.3) is 0 Å². The molecule has 0 aliphatic rings. The number of esters is 3. The number of aliphatic hydroxyl groups is 2. The Balaban J connectivity index is 4.73. The third-order valence-corrected chi connectivity index (χ3v) is 18.0. The molecular formula is C87H142O16P2. The fourth-order valence-corrected chi connectivity index (χ4v) is 11.7. The maximum Gasteiger partial charge on any atom is 0.472 e. The van der Waals surface area contributed by atoms with E-state index >= 15 is 0 Å². The Morgan fingerprint density at radius 2 is 0.524 bits per heavy atom. The van der Waals surface area contributed by atoms with Crippen LogP contribution in [-0.4, -0.2) is 95.9 Å². The molecule has 5 unspecified atom stereocenters. The van der Waals surface area contributed by atoms with Crippen LogP contribution in [0.1, 0.15) is 290 Å². The van der Waals surface area contributed by atoms with E-state index in [4.69, 9.17) is 32.3 Å². The van der Waals surface area contributed by atoms with E-state index in [-0.39, 0.29) is 19.3 Å². The second-order valence-corrected chi connectivity index (χ2v) is 29.0. The minimum Gasteiger partial charge on any atom is -0.463 e. The van der Waals surface area contributed by atoms with Gasteiger partial charge in [-0.15, -0.1) is 0 Å². The van der Waals surface area contributed by atoms with E-state index in [1.165, 1.54) is 77.0 Å². The number of allylic oxidation sites excluding steroid dienone is 30. The summed E-state index contributed by atoms with van der Waals surface area (Å²) in [7, 11) is -9.84. The Labute approximate surface area is 636 Å². The normalized spacial score (nSPS) is 14.9. The van der Waals surface area contributed by atoms with Crippen LogP contribution in [-0.2, 0) is 55.8 Å². The van der Waals surface area contributed by atoms with E-state index < -0.39 is 91.5 Å². The fraction of sp³-hybridized carbons (Fsp3) is 0.621. The number of phosphoric ester groups is 2. The molecule has 596 valence electrons. The lowest BCUT2D eigenvalue weighted by molar-refractivity contribution is -0.161. The van der Waals surface area contributed by atoms with Crippen LogP contribution in [0.3, 0.4) is 0 Å². The van der Waals surface area contributed by atoms with Crippen molar-refractivity contribution in [3.8, 4) is 0 Å². The number of aliphatic hydroxyl groups excluding tert-OH is 2. The summed E-state index contributed by atoms with van der Waals surface area (Å²) < 4.78 is 61.1. The maximum absolute atomic E-state index is 13.0. The minimum absolute atomic E-state index is 0.0287. The molecule has 0 saturated carbocycles. The van der Waals surface area contributed by atoms with Gasteiger partial charge in [0.15, 0.2) is 6.10 Å². The lowest BCUT2D eigenvalue weighted by atomic mass is 10.1. The minimum atomic E-state index is -4.96. The molecule has 0 heterocycles. The number of carbonyl (C=O) groups excluding carboxylic acids is 3. The Hall–Kier alpha value is -5.35. The van der Waals surface area contributed by atoms with Crippen LogP contribution in [0.25, 0.3) is 0 Å². The number of rotatable bonds is 74. The van der Waals surface area contributed by atoms with Gasteiger partial charge in [0, 0.05) is 19.3 Å². The van der Waals surface area contributed by atoms with Crippen LogP contribution in [0, 0.1) is 0 Å². The van der Waals surface area contributed by atoms with Crippen molar-refractivity contribution in [2.24, 2.45) is 0 Å². The Morgan fingerprint density at radius 3 is 0.838 bits per heavy atom. The quantitative estimate of drug-likeness (QED) is 0.0146. The van der Waals surface area contributed by atoms with Crippen molar-refractivity contribution in [2.75, 3.05) is 39.6 Å². The standard InChI is InChI=1S/C87H142O16P2/c1-4-7-10-13-16-19-22-25-28-31-34-36-38-40-42-44-47-49-52-55-58-61-64-67-70-73-85(90)97-76-82(88)77-99-104(93,94)100-78-83(89)79-101-105(95,96)102-81-84(103-87(92)75-72-69-66-63-60-57-54-51-46-33-30-27-24-21-18-15-12-9-6-3)80-98-86(91)74-71-68-65-62-59-56-53-50-48-45-43-41-39-37-35-32-29-26-23-20-17-14-11-8-5-2/h7,9-10,12,16-21,25-30,34-37,40-43,46,51,57,60,66,69,82-84,88-89H,4-6,8,11,13-15,22-24,31-33,38-39,44-45,47-50,52-56,58-59,61-65,67-68,70-81H2,1-3H3,(H,93,94)(H,95,96)/b10-7-,12-9-,19-16-,20-17-,21-18-,28-25-,29-26-,30-27-,36-34-,37-35-,42-40-,43-41-,51-46-,60-57-,69-66-. The summed E-state index contributed by atoms with van der Waals surface area (Å²) in [5.74, 6) is -1.70. The summed E-state index contributed by atoms with van der Waals surface area (Å²) >= 11 is 0. The van der Waals surface area contributed by atoms with Gasteiger partial charge in [-0.05, 0) is 148 Å². The molecule has 0 aromatic rings. The van der Waals surface area contributed by atoms with E-state index in [2.05, 4.69) is 185 Å². The van der Waals surface area contributed by atoms with Gasteiger partial charge < -0.3 is 34.2 Å². The summed E-state index contributed by atoms with van der Waals surface area (Å²) in [6, 6.07) is 0. The number of ether oxygens (including phenoxy) is 3. The molecule has 105 heavy (non-hydrogen) atoms. The number of hydrogen-bond acceptors (Lipinski definition) is 14. The summed E-state index contributed by atoms with van der Waals surface area (Å²) in [5.41, 5.74) is 0. The molecule has 4 N–H and O–H groups in total. The van der Waals surface area contributed by atoms with Gasteiger partial charge in [0.05, 0.1) is 26.4 Å². The molecule has 0 radical (unpaired) electrons. The SMILES string of the molecule is CC/C=C\C/C=C\C/C=C\C/C=C\C/C=C\C/C=C\CCC(=O)OC(COC(=O)CCCCCCCCCCC/C=C\C/C=C\C/C=C\C/C=C\CCCCC)COP(=O)(O)OCC(O)COP(=O)(O)OCC(O)COC(=O)CCCCCCCCCCC/C=C\C/C=C\C/C=C\C/C=C\C/C=C\CC. The molecule has 0 rings (SSSR count). The molecular weight excluding hydrogens is 1360 g/mol. The first-order valence-corrected chi connectivity index (χ1v) is 43.1. The second-order valence-electron chi connectivity index (χ2n) is 26.1. The van der Waals surface area contributed by atoms with Crippen molar-refractivity contribution in [3.05, 3.63) is 182 Å². The van der Waals surface area contributed by atoms with Gasteiger partial charge in [-0.25, -0.2) is 9.13 Å². The van der Waals surface area contributed by atoms with Crippen LogP contribution in [0.5, 0.6) is 0 Å². The molecule has 0 aliphatic carbocycles. The van der Waals surface area contributed by atoms with Crippen LogP contribution in [0.2, 0.25) is 0 Å². The Kier molecular flexibility index (Phi) is 74.3. The number of carbonyl (C=O) groups is 3. The molecule has 0 aromatic carbocycles. The van der Waals surface area contributed by atoms with Crippen molar-refractivity contribution in [1.82, 2.24) is 0 Å². The van der Waals surface area contributed by atoms with E-state index in [0.29, 0.717) is 25.7 Å². The van der Waals surface area contributed by atoms with Crippen molar-refractivity contribution in [1.29, 1.82) is 0 Å². The lowest BCUT2D eigenvalue weighted by Crippen LogP contribution is -2.29. The van der Waals surface area contributed by atoms with Gasteiger partial charge >= 0.3 is 33.6 Å². The zero-order valence-corrected chi connectivity index (χ0v) is 66.9. The van der Waals surface area contributed by atoms with Crippen molar-refractivity contribution in [3.63, 3.8) is 0 Å². The molecule has 0 fully saturated rings. The molecule has 0 spiro atoms. The highest BCUT2D eigenvalue weighted by Crippen LogP contribution is 2.45.